The van der Waals surface area contributed by atoms with E-state index < -0.39 is 4.92 Å². The van der Waals surface area contributed by atoms with Crippen LogP contribution in [0.4, 0.5) is 5.69 Å². The van der Waals surface area contributed by atoms with Gasteiger partial charge in [-0.2, -0.15) is 0 Å². The molecule has 0 fully saturated rings. The average molecular weight is 262 g/mol. The number of benzene rings is 1. The number of rotatable bonds is 4. The number of amides is 1. The van der Waals surface area contributed by atoms with Crippen molar-refractivity contribution in [2.24, 2.45) is 0 Å². The molecule has 0 aliphatic carbocycles. The summed E-state index contributed by atoms with van der Waals surface area (Å²) >= 11 is 0. The molecule has 0 aromatic heterocycles. The maximum Gasteiger partial charge on any atom is 0.269 e. The molecular formula is C14H18N2O3. The van der Waals surface area contributed by atoms with Crippen LogP contribution in [0.5, 0.6) is 0 Å². The molecule has 0 saturated heterocycles. The third kappa shape index (κ3) is 3.10. The Morgan fingerprint density at radius 1 is 1.42 bits per heavy atom. The lowest BCUT2D eigenvalue weighted by molar-refractivity contribution is -0.385. The number of carbonyl (C=O) groups excluding carboxylic acids is 1. The summed E-state index contributed by atoms with van der Waals surface area (Å²) in [5.41, 5.74) is 2.12. The first-order valence-electron chi connectivity index (χ1n) is 6.65. The molecule has 2 rings (SSSR count). The fourth-order valence-electron chi connectivity index (χ4n) is 2.36. The van der Waals surface area contributed by atoms with E-state index in [0.29, 0.717) is 19.5 Å². The van der Waals surface area contributed by atoms with Gasteiger partial charge in [0.05, 0.1) is 4.92 Å². The topological polar surface area (TPSA) is 63.5 Å². The van der Waals surface area contributed by atoms with Crippen molar-refractivity contribution >= 4 is 11.6 Å². The highest BCUT2D eigenvalue weighted by Gasteiger charge is 2.21. The summed E-state index contributed by atoms with van der Waals surface area (Å²) in [6.07, 6.45) is 3.25. The second kappa shape index (κ2) is 5.82. The Labute approximate surface area is 112 Å². The van der Waals surface area contributed by atoms with Gasteiger partial charge in [-0.1, -0.05) is 19.4 Å². The summed E-state index contributed by atoms with van der Waals surface area (Å²) in [6.45, 7) is 3.27. The maximum atomic E-state index is 12.0. The van der Waals surface area contributed by atoms with Crippen LogP contribution in [0.2, 0.25) is 0 Å². The van der Waals surface area contributed by atoms with Gasteiger partial charge in [-0.25, -0.2) is 0 Å². The summed E-state index contributed by atoms with van der Waals surface area (Å²) in [6, 6.07) is 4.93. The van der Waals surface area contributed by atoms with Crippen molar-refractivity contribution in [1.82, 2.24) is 4.90 Å². The smallest absolute Gasteiger partial charge is 0.269 e. The first-order valence-corrected chi connectivity index (χ1v) is 6.65. The largest absolute Gasteiger partial charge is 0.338 e. The van der Waals surface area contributed by atoms with Crippen LogP contribution in [-0.2, 0) is 17.8 Å². The number of fused-ring (bicyclic) bond motifs is 1. The van der Waals surface area contributed by atoms with Crippen molar-refractivity contribution in [3.8, 4) is 0 Å². The molecule has 102 valence electrons. The van der Waals surface area contributed by atoms with Crippen LogP contribution in [-0.4, -0.2) is 22.3 Å². The molecule has 1 aliphatic heterocycles. The second-order valence-electron chi connectivity index (χ2n) is 4.88. The highest BCUT2D eigenvalue weighted by atomic mass is 16.6. The Morgan fingerprint density at radius 3 is 2.89 bits per heavy atom. The van der Waals surface area contributed by atoms with Crippen molar-refractivity contribution in [1.29, 1.82) is 0 Å². The molecule has 1 aromatic rings. The lowest BCUT2D eigenvalue weighted by atomic mass is 9.98. The van der Waals surface area contributed by atoms with Crippen molar-refractivity contribution in [2.75, 3.05) is 6.54 Å². The fraction of sp³-hybridized carbons (Fsp3) is 0.500. The van der Waals surface area contributed by atoms with E-state index in [-0.39, 0.29) is 11.6 Å². The predicted octanol–water partition coefficient (Wildman–Crippen LogP) is 2.67. The van der Waals surface area contributed by atoms with Gasteiger partial charge in [-0.05, 0) is 24.0 Å². The molecule has 0 bridgehead atoms. The van der Waals surface area contributed by atoms with Crippen LogP contribution < -0.4 is 0 Å². The Morgan fingerprint density at radius 2 is 2.21 bits per heavy atom. The second-order valence-corrected chi connectivity index (χ2v) is 4.88. The highest BCUT2D eigenvalue weighted by Crippen LogP contribution is 2.24. The van der Waals surface area contributed by atoms with E-state index in [1.807, 2.05) is 4.90 Å². The molecule has 1 amide bonds. The molecule has 0 radical (unpaired) electrons. The molecule has 1 aromatic carbocycles. The van der Waals surface area contributed by atoms with Gasteiger partial charge in [0.1, 0.15) is 0 Å². The van der Waals surface area contributed by atoms with Crippen LogP contribution >= 0.6 is 0 Å². The summed E-state index contributed by atoms with van der Waals surface area (Å²) in [5.74, 6) is 0.152. The zero-order chi connectivity index (χ0) is 13.8. The molecule has 0 spiro atoms. The van der Waals surface area contributed by atoms with Crippen LogP contribution in [0.25, 0.3) is 0 Å². The zero-order valence-corrected chi connectivity index (χ0v) is 11.1. The molecule has 5 heteroatoms. The molecule has 5 nitrogen and oxygen atoms in total. The van der Waals surface area contributed by atoms with E-state index in [0.717, 1.165) is 30.4 Å². The molecule has 0 unspecified atom stereocenters. The minimum Gasteiger partial charge on any atom is -0.338 e. The first kappa shape index (κ1) is 13.5. The van der Waals surface area contributed by atoms with E-state index >= 15 is 0 Å². The summed E-state index contributed by atoms with van der Waals surface area (Å²) in [7, 11) is 0. The standard InChI is InChI=1S/C14H18N2O3/c1-2-3-4-14(17)15-8-7-11-5-6-13(16(18)19)9-12(11)10-15/h5-6,9H,2-4,7-8,10H2,1H3. The van der Waals surface area contributed by atoms with Crippen LogP contribution in [0.15, 0.2) is 18.2 Å². The van der Waals surface area contributed by atoms with Gasteiger partial charge in [0, 0.05) is 31.6 Å². The van der Waals surface area contributed by atoms with Gasteiger partial charge in [0.25, 0.3) is 5.69 Å². The number of unbranched alkanes of at least 4 members (excludes halogenated alkanes) is 1. The van der Waals surface area contributed by atoms with E-state index in [2.05, 4.69) is 6.92 Å². The number of nitrogens with zero attached hydrogens (tertiary/aromatic N) is 2. The Hall–Kier alpha value is -1.91. The lowest BCUT2D eigenvalue weighted by Crippen LogP contribution is -2.35. The summed E-state index contributed by atoms with van der Waals surface area (Å²) < 4.78 is 0. The van der Waals surface area contributed by atoms with E-state index in [9.17, 15) is 14.9 Å². The molecule has 1 heterocycles. The normalized spacial score (nSPS) is 14.1. The molecular weight excluding hydrogens is 244 g/mol. The van der Waals surface area contributed by atoms with E-state index in [1.165, 1.54) is 6.07 Å². The minimum absolute atomic E-state index is 0.0987. The molecule has 0 atom stereocenters. The quantitative estimate of drug-likeness (QED) is 0.619. The number of nitro groups is 1. The van der Waals surface area contributed by atoms with E-state index in [1.54, 1.807) is 12.1 Å². The molecule has 19 heavy (non-hydrogen) atoms. The van der Waals surface area contributed by atoms with Crippen LogP contribution in [0, 0.1) is 10.1 Å². The van der Waals surface area contributed by atoms with Gasteiger partial charge in [-0.3, -0.25) is 14.9 Å². The molecule has 0 saturated carbocycles. The van der Waals surface area contributed by atoms with Crippen molar-refractivity contribution in [3.63, 3.8) is 0 Å². The number of non-ortho nitro benzene ring substituents is 1. The predicted molar refractivity (Wildman–Crippen MR) is 71.7 cm³/mol. The Balaban J connectivity index is 2.11. The molecule has 0 N–H and O–H groups in total. The summed E-state index contributed by atoms with van der Waals surface area (Å²) in [4.78, 5) is 24.2. The maximum absolute atomic E-state index is 12.0. The van der Waals surface area contributed by atoms with Crippen molar-refractivity contribution in [3.05, 3.63) is 39.4 Å². The van der Waals surface area contributed by atoms with Gasteiger partial charge in [-0.15, -0.1) is 0 Å². The number of carbonyl (C=O) groups is 1. The van der Waals surface area contributed by atoms with Gasteiger partial charge >= 0.3 is 0 Å². The average Bonchev–Trinajstić information content (AvgIpc) is 2.43. The Bertz CT molecular complexity index is 499. The zero-order valence-electron chi connectivity index (χ0n) is 11.1. The SMILES string of the molecule is CCCCC(=O)N1CCc2ccc([N+](=O)[O-])cc2C1. The number of hydrogen-bond acceptors (Lipinski definition) is 3. The number of hydrogen-bond donors (Lipinski definition) is 0. The third-order valence-corrected chi connectivity index (χ3v) is 3.51. The fourth-order valence-corrected chi connectivity index (χ4v) is 2.36. The van der Waals surface area contributed by atoms with Crippen LogP contribution in [0.1, 0.15) is 37.3 Å². The van der Waals surface area contributed by atoms with E-state index in [4.69, 9.17) is 0 Å². The Kier molecular flexibility index (Phi) is 4.14. The minimum atomic E-state index is -0.391. The van der Waals surface area contributed by atoms with Gasteiger partial charge in [0.15, 0.2) is 0 Å². The highest BCUT2D eigenvalue weighted by molar-refractivity contribution is 5.76. The summed E-state index contributed by atoms with van der Waals surface area (Å²) in [5, 5.41) is 10.8. The molecule has 1 aliphatic rings. The van der Waals surface area contributed by atoms with Crippen molar-refractivity contribution in [2.45, 2.75) is 39.2 Å². The monoisotopic (exact) mass is 262 g/mol. The van der Waals surface area contributed by atoms with Crippen molar-refractivity contribution < 1.29 is 9.72 Å². The van der Waals surface area contributed by atoms with Crippen LogP contribution in [0.3, 0.4) is 0 Å². The number of nitro benzene ring substituents is 1. The van der Waals surface area contributed by atoms with Gasteiger partial charge in [0.2, 0.25) is 5.91 Å². The first-order chi connectivity index (χ1) is 9.11. The van der Waals surface area contributed by atoms with Gasteiger partial charge < -0.3 is 4.90 Å². The lowest BCUT2D eigenvalue weighted by Gasteiger charge is -2.28. The third-order valence-electron chi connectivity index (χ3n) is 3.51.